The zero-order valence-electron chi connectivity index (χ0n) is 15.5. The Balaban J connectivity index is 1.42. The average Bonchev–Trinajstić information content (AvgIpc) is 3.14. The van der Waals surface area contributed by atoms with E-state index >= 15 is 0 Å². The van der Waals surface area contributed by atoms with Crippen molar-refractivity contribution in [2.24, 2.45) is 28.0 Å². The van der Waals surface area contributed by atoms with E-state index in [0.717, 1.165) is 63.7 Å². The minimum absolute atomic E-state index is 0.0177. The fraction of sp³-hybridized carbons (Fsp3) is 0.700. The molecule has 4 aliphatic carbocycles. The van der Waals surface area contributed by atoms with Crippen molar-refractivity contribution in [3.63, 3.8) is 0 Å². The standard InChI is InChI=1S/C20H26N4O3/c25-20-10-13-7-14(11-20)19(15(8-13)12-20)22-21-17-9-16(23-5-1-2-6-23)3-4-18(17)24(26)27/h3-4,9,13-15,19,25H,1-2,5-8,10-12H2. The molecule has 5 aliphatic rings. The Hall–Kier alpha value is -2.02. The Bertz CT molecular complexity index is 773. The Morgan fingerprint density at radius 1 is 1.15 bits per heavy atom. The predicted molar refractivity (Wildman–Crippen MR) is 101 cm³/mol. The van der Waals surface area contributed by atoms with E-state index in [-0.39, 0.29) is 16.7 Å². The molecular weight excluding hydrogens is 344 g/mol. The second kappa shape index (κ2) is 6.26. The molecule has 1 aromatic rings. The number of nitro benzene ring substituents is 1. The van der Waals surface area contributed by atoms with E-state index in [9.17, 15) is 15.2 Å². The van der Waals surface area contributed by atoms with E-state index in [1.54, 1.807) is 6.07 Å². The number of azo groups is 1. The minimum atomic E-state index is -0.496. The van der Waals surface area contributed by atoms with E-state index in [4.69, 9.17) is 0 Å². The third-order valence-electron chi connectivity index (χ3n) is 7.12. The van der Waals surface area contributed by atoms with Gasteiger partial charge in [0.2, 0.25) is 0 Å². The number of nitro groups is 1. The van der Waals surface area contributed by atoms with E-state index in [2.05, 4.69) is 15.1 Å². The van der Waals surface area contributed by atoms with Gasteiger partial charge < -0.3 is 10.0 Å². The molecular formula is C20H26N4O3. The van der Waals surface area contributed by atoms with E-state index in [0.29, 0.717) is 23.4 Å². The van der Waals surface area contributed by atoms with Gasteiger partial charge in [0.05, 0.1) is 16.6 Å². The molecule has 6 rings (SSSR count). The van der Waals surface area contributed by atoms with Crippen LogP contribution >= 0.6 is 0 Å². The first kappa shape index (κ1) is 17.1. The maximum atomic E-state index is 11.4. The molecule has 144 valence electrons. The molecule has 0 spiro atoms. The van der Waals surface area contributed by atoms with Crippen LogP contribution in [0.15, 0.2) is 28.4 Å². The van der Waals surface area contributed by atoms with Crippen molar-refractivity contribution in [1.82, 2.24) is 0 Å². The normalized spacial score (nSPS) is 37.4. The quantitative estimate of drug-likeness (QED) is 0.488. The summed E-state index contributed by atoms with van der Waals surface area (Å²) in [4.78, 5) is 13.3. The topological polar surface area (TPSA) is 91.3 Å². The highest BCUT2D eigenvalue weighted by molar-refractivity contribution is 5.66. The lowest BCUT2D eigenvalue weighted by Crippen LogP contribution is -2.56. The molecule has 27 heavy (non-hydrogen) atoms. The van der Waals surface area contributed by atoms with Crippen molar-refractivity contribution in [3.8, 4) is 0 Å². The summed E-state index contributed by atoms with van der Waals surface area (Å²) < 4.78 is 0. The molecule has 1 aliphatic heterocycles. The highest BCUT2D eigenvalue weighted by Gasteiger charge is 2.55. The molecule has 2 unspecified atom stereocenters. The van der Waals surface area contributed by atoms with Crippen molar-refractivity contribution >= 4 is 17.1 Å². The molecule has 2 atom stereocenters. The smallest absolute Gasteiger partial charge is 0.296 e. The number of nitrogens with zero attached hydrogens (tertiary/aromatic N) is 4. The van der Waals surface area contributed by atoms with Gasteiger partial charge in [0, 0.05) is 24.8 Å². The lowest BCUT2D eigenvalue weighted by Gasteiger charge is -2.56. The maximum absolute atomic E-state index is 11.4. The molecule has 4 bridgehead atoms. The van der Waals surface area contributed by atoms with Crippen LogP contribution in [-0.4, -0.2) is 34.8 Å². The Kier molecular flexibility index (Phi) is 3.96. The Morgan fingerprint density at radius 2 is 1.85 bits per heavy atom. The van der Waals surface area contributed by atoms with Gasteiger partial charge in [0.15, 0.2) is 5.69 Å². The first-order valence-corrected chi connectivity index (χ1v) is 10.2. The first-order chi connectivity index (χ1) is 13.0. The molecule has 4 saturated carbocycles. The molecule has 5 fully saturated rings. The first-order valence-electron chi connectivity index (χ1n) is 10.2. The molecule has 1 saturated heterocycles. The van der Waals surface area contributed by atoms with Crippen LogP contribution in [0.2, 0.25) is 0 Å². The summed E-state index contributed by atoms with van der Waals surface area (Å²) >= 11 is 0. The van der Waals surface area contributed by atoms with Crippen LogP contribution < -0.4 is 4.90 Å². The van der Waals surface area contributed by atoms with Gasteiger partial charge in [-0.05, 0) is 74.8 Å². The van der Waals surface area contributed by atoms with Gasteiger partial charge in [-0.2, -0.15) is 5.11 Å². The van der Waals surface area contributed by atoms with Crippen LogP contribution in [0.4, 0.5) is 17.1 Å². The number of anilines is 1. The van der Waals surface area contributed by atoms with Crippen LogP contribution in [0.3, 0.4) is 0 Å². The van der Waals surface area contributed by atoms with Gasteiger partial charge in [-0.15, -0.1) is 5.11 Å². The lowest BCUT2D eigenvalue weighted by atomic mass is 9.52. The summed E-state index contributed by atoms with van der Waals surface area (Å²) in [5.41, 5.74) is 0.872. The molecule has 0 amide bonds. The van der Waals surface area contributed by atoms with Crippen molar-refractivity contribution in [2.45, 2.75) is 56.6 Å². The lowest BCUT2D eigenvalue weighted by molar-refractivity contribution is -0.384. The second-order valence-corrected chi connectivity index (χ2v) is 9.02. The largest absolute Gasteiger partial charge is 0.390 e. The maximum Gasteiger partial charge on any atom is 0.296 e. The fourth-order valence-electron chi connectivity index (χ4n) is 6.19. The van der Waals surface area contributed by atoms with E-state index < -0.39 is 5.60 Å². The predicted octanol–water partition coefficient (Wildman–Crippen LogP) is 4.22. The van der Waals surface area contributed by atoms with Gasteiger partial charge in [0.25, 0.3) is 5.69 Å². The van der Waals surface area contributed by atoms with Crippen LogP contribution in [-0.2, 0) is 0 Å². The highest BCUT2D eigenvalue weighted by Crippen LogP contribution is 2.56. The number of benzene rings is 1. The van der Waals surface area contributed by atoms with Crippen molar-refractivity contribution in [2.75, 3.05) is 18.0 Å². The Labute approximate surface area is 158 Å². The molecule has 7 heteroatoms. The highest BCUT2D eigenvalue weighted by atomic mass is 16.6. The van der Waals surface area contributed by atoms with Crippen LogP contribution in [0.5, 0.6) is 0 Å². The zero-order valence-corrected chi connectivity index (χ0v) is 15.5. The summed E-state index contributed by atoms with van der Waals surface area (Å²) in [5, 5.41) is 31.2. The summed E-state index contributed by atoms with van der Waals surface area (Å²) in [6.07, 6.45) is 7.08. The van der Waals surface area contributed by atoms with E-state index in [1.807, 2.05) is 12.1 Å². The number of rotatable bonds is 4. The monoisotopic (exact) mass is 370 g/mol. The van der Waals surface area contributed by atoms with Crippen molar-refractivity contribution in [3.05, 3.63) is 28.3 Å². The van der Waals surface area contributed by atoms with Gasteiger partial charge in [-0.25, -0.2) is 0 Å². The summed E-state index contributed by atoms with van der Waals surface area (Å²) in [6.45, 7) is 1.97. The SMILES string of the molecule is O=[N+]([O-])c1ccc(N2CCCC2)cc1N=NC1C2CC3CC1CC(O)(C3)C2. The minimum Gasteiger partial charge on any atom is -0.390 e. The van der Waals surface area contributed by atoms with Crippen LogP contribution in [0.1, 0.15) is 44.9 Å². The number of hydrogen-bond acceptors (Lipinski definition) is 6. The van der Waals surface area contributed by atoms with Gasteiger partial charge >= 0.3 is 0 Å². The van der Waals surface area contributed by atoms with Gasteiger partial charge in [0.1, 0.15) is 0 Å². The van der Waals surface area contributed by atoms with Crippen molar-refractivity contribution in [1.29, 1.82) is 0 Å². The van der Waals surface area contributed by atoms with Gasteiger partial charge in [-0.3, -0.25) is 10.1 Å². The third kappa shape index (κ3) is 3.02. The molecule has 0 aromatic heterocycles. The summed E-state index contributed by atoms with van der Waals surface area (Å²) in [5.74, 6) is 1.35. The summed E-state index contributed by atoms with van der Waals surface area (Å²) in [6, 6.07) is 5.29. The summed E-state index contributed by atoms with van der Waals surface area (Å²) in [7, 11) is 0. The molecule has 0 radical (unpaired) electrons. The van der Waals surface area contributed by atoms with Crippen LogP contribution in [0, 0.1) is 27.9 Å². The fourth-order valence-corrected chi connectivity index (χ4v) is 6.19. The Morgan fingerprint density at radius 3 is 2.48 bits per heavy atom. The third-order valence-corrected chi connectivity index (χ3v) is 7.12. The molecule has 7 nitrogen and oxygen atoms in total. The van der Waals surface area contributed by atoms with Crippen molar-refractivity contribution < 1.29 is 10.0 Å². The molecule has 1 aromatic carbocycles. The molecule has 1 N–H and O–H groups in total. The molecule has 1 heterocycles. The second-order valence-electron chi connectivity index (χ2n) is 9.02. The average molecular weight is 370 g/mol. The van der Waals surface area contributed by atoms with E-state index in [1.165, 1.54) is 0 Å². The van der Waals surface area contributed by atoms with Crippen LogP contribution in [0.25, 0.3) is 0 Å². The van der Waals surface area contributed by atoms with Gasteiger partial charge in [-0.1, -0.05) is 0 Å². The number of aliphatic hydroxyl groups is 1. The zero-order chi connectivity index (χ0) is 18.6. The number of hydrogen-bond donors (Lipinski definition) is 1.